The van der Waals surface area contributed by atoms with E-state index >= 15 is 0 Å². The van der Waals surface area contributed by atoms with Crippen LogP contribution in [0.4, 0.5) is 0 Å². The average molecular weight is 289 g/mol. The second kappa shape index (κ2) is 6.39. The molecule has 2 nitrogen and oxygen atoms in total. The predicted molar refractivity (Wildman–Crippen MR) is 89.5 cm³/mol. The third-order valence-corrected chi connectivity index (χ3v) is 5.06. The molecule has 0 amide bonds. The first-order valence-electron chi connectivity index (χ1n) is 8.38. The number of ether oxygens (including phenoxy) is 1. The van der Waals surface area contributed by atoms with Crippen LogP contribution in [0.2, 0.25) is 0 Å². The molecule has 118 valence electrons. The van der Waals surface area contributed by atoms with Crippen molar-refractivity contribution in [1.29, 1.82) is 0 Å². The quantitative estimate of drug-likeness (QED) is 0.806. The summed E-state index contributed by atoms with van der Waals surface area (Å²) < 4.78 is 5.81. The van der Waals surface area contributed by atoms with Crippen LogP contribution in [-0.2, 0) is 5.54 Å². The van der Waals surface area contributed by atoms with Gasteiger partial charge in [0.15, 0.2) is 0 Å². The van der Waals surface area contributed by atoms with Crippen LogP contribution in [0.15, 0.2) is 24.3 Å². The van der Waals surface area contributed by atoms with Gasteiger partial charge in [0.2, 0.25) is 0 Å². The first kappa shape index (κ1) is 16.4. The monoisotopic (exact) mass is 289 g/mol. The number of hydrogen-bond acceptors (Lipinski definition) is 2. The van der Waals surface area contributed by atoms with E-state index < -0.39 is 0 Å². The van der Waals surface area contributed by atoms with E-state index in [1.54, 1.807) is 0 Å². The van der Waals surface area contributed by atoms with Crippen LogP contribution in [0, 0.1) is 11.3 Å². The summed E-state index contributed by atoms with van der Waals surface area (Å²) >= 11 is 0. The van der Waals surface area contributed by atoms with E-state index in [1.807, 2.05) is 13.0 Å². The third kappa shape index (κ3) is 3.79. The molecule has 0 heterocycles. The van der Waals surface area contributed by atoms with Crippen molar-refractivity contribution in [3.05, 3.63) is 29.8 Å². The number of benzene rings is 1. The molecule has 1 aliphatic rings. The van der Waals surface area contributed by atoms with Gasteiger partial charge in [-0.15, -0.1) is 0 Å². The average Bonchev–Trinajstić information content (AvgIpc) is 2.62. The van der Waals surface area contributed by atoms with Gasteiger partial charge in [-0.3, -0.25) is 0 Å². The highest BCUT2D eigenvalue weighted by molar-refractivity contribution is 5.39. The van der Waals surface area contributed by atoms with Crippen molar-refractivity contribution < 1.29 is 4.74 Å². The zero-order valence-electron chi connectivity index (χ0n) is 14.1. The van der Waals surface area contributed by atoms with Crippen molar-refractivity contribution in [3.63, 3.8) is 0 Å². The highest BCUT2D eigenvalue weighted by Crippen LogP contribution is 2.44. The van der Waals surface area contributed by atoms with E-state index in [2.05, 4.69) is 39.0 Å². The largest absolute Gasteiger partial charge is 0.494 e. The predicted octanol–water partition coefficient (Wildman–Crippen LogP) is 4.87. The van der Waals surface area contributed by atoms with Crippen LogP contribution in [0.3, 0.4) is 0 Å². The molecular formula is C19H31NO. The maximum atomic E-state index is 6.84. The summed E-state index contributed by atoms with van der Waals surface area (Å²) in [7, 11) is 0. The topological polar surface area (TPSA) is 35.2 Å². The summed E-state index contributed by atoms with van der Waals surface area (Å²) in [6.07, 6.45) is 5.82. The van der Waals surface area contributed by atoms with Crippen LogP contribution in [0.1, 0.15) is 65.4 Å². The van der Waals surface area contributed by atoms with Gasteiger partial charge in [0.05, 0.1) is 6.61 Å². The lowest BCUT2D eigenvalue weighted by atomic mass is 9.75. The van der Waals surface area contributed by atoms with Gasteiger partial charge in [0.1, 0.15) is 5.75 Å². The molecule has 2 heteroatoms. The Kier molecular flexibility index (Phi) is 4.98. The molecule has 0 bridgehead atoms. The fraction of sp³-hybridized carbons (Fsp3) is 0.684. The molecule has 2 unspecified atom stereocenters. The summed E-state index contributed by atoms with van der Waals surface area (Å²) in [5.41, 5.74) is 8.18. The van der Waals surface area contributed by atoms with E-state index in [0.29, 0.717) is 12.0 Å². The Labute approximate surface area is 130 Å². The number of para-hydroxylation sites is 1. The van der Waals surface area contributed by atoms with E-state index in [0.717, 1.165) is 24.5 Å². The molecule has 2 atom stereocenters. The minimum absolute atomic E-state index is 0.230. The zero-order valence-corrected chi connectivity index (χ0v) is 14.1. The molecule has 0 saturated heterocycles. The van der Waals surface area contributed by atoms with Crippen LogP contribution >= 0.6 is 0 Å². The number of rotatable bonds is 3. The zero-order chi connectivity index (χ0) is 15.5. The van der Waals surface area contributed by atoms with Gasteiger partial charge >= 0.3 is 0 Å². The van der Waals surface area contributed by atoms with E-state index in [4.69, 9.17) is 10.5 Å². The Morgan fingerprint density at radius 3 is 2.57 bits per heavy atom. The van der Waals surface area contributed by atoms with Crippen LogP contribution < -0.4 is 10.5 Å². The smallest absolute Gasteiger partial charge is 0.124 e. The summed E-state index contributed by atoms with van der Waals surface area (Å²) in [4.78, 5) is 0. The standard InChI is InChI=1S/C19H31NO/c1-5-21-17-11-7-6-10-16(17)19(20)13-8-9-15(12-14-19)18(2,3)4/h6-7,10-11,15H,5,8-9,12-14,20H2,1-4H3. The summed E-state index contributed by atoms with van der Waals surface area (Å²) in [5, 5.41) is 0. The maximum absolute atomic E-state index is 6.84. The van der Waals surface area contributed by atoms with Crippen LogP contribution in [0.5, 0.6) is 5.75 Å². The molecule has 0 spiro atoms. The van der Waals surface area contributed by atoms with Crippen molar-refractivity contribution in [3.8, 4) is 5.75 Å². The number of nitrogens with two attached hydrogens (primary N) is 1. The van der Waals surface area contributed by atoms with Gasteiger partial charge in [0.25, 0.3) is 0 Å². The van der Waals surface area contributed by atoms with Crippen molar-refractivity contribution in [2.75, 3.05) is 6.61 Å². The van der Waals surface area contributed by atoms with Crippen LogP contribution in [0.25, 0.3) is 0 Å². The summed E-state index contributed by atoms with van der Waals surface area (Å²) in [5.74, 6) is 1.74. The third-order valence-electron chi connectivity index (χ3n) is 5.06. The SMILES string of the molecule is CCOc1ccccc1C1(N)CCCC(C(C)(C)C)CC1. The summed E-state index contributed by atoms with van der Waals surface area (Å²) in [6, 6.07) is 8.33. The van der Waals surface area contributed by atoms with Gasteiger partial charge in [-0.2, -0.15) is 0 Å². The highest BCUT2D eigenvalue weighted by atomic mass is 16.5. The van der Waals surface area contributed by atoms with Crippen molar-refractivity contribution >= 4 is 0 Å². The molecular weight excluding hydrogens is 258 g/mol. The Balaban J connectivity index is 2.23. The molecule has 1 aromatic carbocycles. The Morgan fingerprint density at radius 1 is 1.19 bits per heavy atom. The molecule has 1 saturated carbocycles. The molecule has 1 fully saturated rings. The number of hydrogen-bond donors (Lipinski definition) is 1. The van der Waals surface area contributed by atoms with Crippen LogP contribution in [-0.4, -0.2) is 6.61 Å². The highest BCUT2D eigenvalue weighted by Gasteiger charge is 2.36. The Hall–Kier alpha value is -1.02. The van der Waals surface area contributed by atoms with E-state index in [1.165, 1.54) is 24.8 Å². The van der Waals surface area contributed by atoms with Gasteiger partial charge < -0.3 is 10.5 Å². The van der Waals surface area contributed by atoms with Gasteiger partial charge in [-0.05, 0) is 50.0 Å². The molecule has 0 aromatic heterocycles. The molecule has 1 aromatic rings. The maximum Gasteiger partial charge on any atom is 0.124 e. The molecule has 0 radical (unpaired) electrons. The van der Waals surface area contributed by atoms with E-state index in [9.17, 15) is 0 Å². The fourth-order valence-corrected chi connectivity index (χ4v) is 3.66. The second-order valence-corrected chi connectivity index (χ2v) is 7.58. The van der Waals surface area contributed by atoms with Crippen molar-refractivity contribution in [1.82, 2.24) is 0 Å². The molecule has 2 rings (SSSR count). The molecule has 21 heavy (non-hydrogen) atoms. The molecule has 2 N–H and O–H groups in total. The summed E-state index contributed by atoms with van der Waals surface area (Å²) in [6.45, 7) is 9.79. The molecule has 0 aliphatic heterocycles. The van der Waals surface area contributed by atoms with Gasteiger partial charge in [-0.1, -0.05) is 45.4 Å². The Morgan fingerprint density at radius 2 is 1.90 bits per heavy atom. The fourth-order valence-electron chi connectivity index (χ4n) is 3.66. The first-order valence-corrected chi connectivity index (χ1v) is 8.38. The second-order valence-electron chi connectivity index (χ2n) is 7.58. The van der Waals surface area contributed by atoms with Gasteiger partial charge in [0, 0.05) is 11.1 Å². The van der Waals surface area contributed by atoms with Crippen molar-refractivity contribution in [2.24, 2.45) is 17.1 Å². The van der Waals surface area contributed by atoms with Gasteiger partial charge in [-0.25, -0.2) is 0 Å². The lowest BCUT2D eigenvalue weighted by Gasteiger charge is -2.32. The van der Waals surface area contributed by atoms with E-state index in [-0.39, 0.29) is 5.54 Å². The normalized spacial score (nSPS) is 27.2. The minimum Gasteiger partial charge on any atom is -0.494 e. The molecule has 1 aliphatic carbocycles. The first-order chi connectivity index (χ1) is 9.87. The Bertz CT molecular complexity index is 463. The lowest BCUT2D eigenvalue weighted by molar-refractivity contribution is 0.210. The lowest BCUT2D eigenvalue weighted by Crippen LogP contribution is -2.36. The minimum atomic E-state index is -0.230. The van der Waals surface area contributed by atoms with Crippen molar-refractivity contribution in [2.45, 2.75) is 65.3 Å².